The number of thioether (sulfide) groups is 1. The molecule has 0 aliphatic rings. The quantitative estimate of drug-likeness (QED) is 0.434. The van der Waals surface area contributed by atoms with Gasteiger partial charge in [0, 0.05) is 17.5 Å². The molecule has 6 nitrogen and oxygen atoms in total. The molecule has 154 valence electrons. The normalized spacial score (nSPS) is 11.8. The summed E-state index contributed by atoms with van der Waals surface area (Å²) in [5, 5.41) is 7.18. The summed E-state index contributed by atoms with van der Waals surface area (Å²) >= 11 is -0.404. The van der Waals surface area contributed by atoms with Crippen molar-refractivity contribution in [1.29, 1.82) is 0 Å². The highest BCUT2D eigenvalue weighted by atomic mass is 32.2. The molecule has 3 aromatic rings. The Morgan fingerprint density at radius 1 is 1.10 bits per heavy atom. The fraction of sp³-hybridized carbons (Fsp3) is 0.235. The zero-order chi connectivity index (χ0) is 21.2. The van der Waals surface area contributed by atoms with Gasteiger partial charge in [0.15, 0.2) is 0 Å². The Hall–Kier alpha value is -2.89. The van der Waals surface area contributed by atoms with Crippen LogP contribution in [0.5, 0.6) is 5.75 Å². The molecular weight excluding hydrogens is 419 g/mol. The molecule has 0 aliphatic heterocycles. The molecule has 29 heavy (non-hydrogen) atoms. The van der Waals surface area contributed by atoms with E-state index in [0.717, 1.165) is 15.4 Å². The SMILES string of the molecule is Cn1nnn(-c2cccc(SC(F)(F)F)c2COc2ccccc2C(F)F)c1=O. The molecule has 0 amide bonds. The van der Waals surface area contributed by atoms with Crippen molar-refractivity contribution >= 4 is 11.8 Å². The third-order valence-corrected chi connectivity index (χ3v) is 4.64. The van der Waals surface area contributed by atoms with E-state index < -0.39 is 41.6 Å². The van der Waals surface area contributed by atoms with Crippen LogP contribution in [0, 0.1) is 0 Å². The topological polar surface area (TPSA) is 61.9 Å². The maximum absolute atomic E-state index is 13.2. The molecule has 1 aromatic heterocycles. The average molecular weight is 432 g/mol. The Kier molecular flexibility index (Phi) is 5.91. The molecule has 0 aliphatic carbocycles. The molecule has 0 saturated carbocycles. The van der Waals surface area contributed by atoms with Crippen LogP contribution in [0.4, 0.5) is 22.0 Å². The van der Waals surface area contributed by atoms with Gasteiger partial charge in [-0.05, 0) is 46.5 Å². The van der Waals surface area contributed by atoms with Gasteiger partial charge < -0.3 is 4.74 Å². The molecule has 0 atom stereocenters. The molecule has 0 saturated heterocycles. The van der Waals surface area contributed by atoms with E-state index in [1.54, 1.807) is 0 Å². The summed E-state index contributed by atoms with van der Waals surface area (Å²) in [6, 6.07) is 9.19. The van der Waals surface area contributed by atoms with Crippen LogP contribution in [-0.4, -0.2) is 25.3 Å². The van der Waals surface area contributed by atoms with Crippen molar-refractivity contribution in [2.75, 3.05) is 0 Å². The maximum atomic E-state index is 13.2. The fourth-order valence-corrected chi connectivity index (χ4v) is 3.21. The minimum atomic E-state index is -4.61. The third kappa shape index (κ3) is 4.75. The van der Waals surface area contributed by atoms with Crippen LogP contribution < -0.4 is 10.4 Å². The number of benzene rings is 2. The van der Waals surface area contributed by atoms with Crippen molar-refractivity contribution in [2.45, 2.75) is 23.4 Å². The number of ether oxygens (including phenoxy) is 1. The molecule has 0 bridgehead atoms. The number of tetrazole rings is 1. The molecule has 3 rings (SSSR count). The number of alkyl halides is 5. The van der Waals surface area contributed by atoms with Gasteiger partial charge in [-0.3, -0.25) is 0 Å². The minimum Gasteiger partial charge on any atom is -0.488 e. The molecular formula is C17H13F5N4O2S. The average Bonchev–Trinajstić information content (AvgIpc) is 2.98. The van der Waals surface area contributed by atoms with Crippen LogP contribution >= 0.6 is 11.8 Å². The first-order valence-corrected chi connectivity index (χ1v) is 8.86. The van der Waals surface area contributed by atoms with Gasteiger partial charge in [-0.1, -0.05) is 18.2 Å². The van der Waals surface area contributed by atoms with Gasteiger partial charge in [0.05, 0.1) is 11.3 Å². The number of hydrogen-bond donors (Lipinski definition) is 0. The van der Waals surface area contributed by atoms with Gasteiger partial charge in [-0.2, -0.15) is 22.5 Å². The Labute approximate surface area is 164 Å². The van der Waals surface area contributed by atoms with Gasteiger partial charge in [0.25, 0.3) is 6.43 Å². The summed E-state index contributed by atoms with van der Waals surface area (Å²) in [6.07, 6.45) is -2.83. The summed E-state index contributed by atoms with van der Waals surface area (Å²) in [4.78, 5) is 11.9. The van der Waals surface area contributed by atoms with Gasteiger partial charge >= 0.3 is 11.2 Å². The van der Waals surface area contributed by atoms with Crippen molar-refractivity contribution in [3.8, 4) is 11.4 Å². The fourth-order valence-electron chi connectivity index (χ4n) is 2.52. The van der Waals surface area contributed by atoms with E-state index in [2.05, 4.69) is 10.4 Å². The second-order valence-electron chi connectivity index (χ2n) is 5.73. The Morgan fingerprint density at radius 2 is 1.83 bits per heavy atom. The predicted octanol–water partition coefficient (Wildman–Crippen LogP) is 4.09. The van der Waals surface area contributed by atoms with Gasteiger partial charge in [0.2, 0.25) is 0 Å². The Bertz CT molecular complexity index is 1060. The minimum absolute atomic E-state index is 0.00637. The number of rotatable bonds is 6. The van der Waals surface area contributed by atoms with Gasteiger partial charge in [-0.25, -0.2) is 13.6 Å². The van der Waals surface area contributed by atoms with E-state index in [-0.39, 0.29) is 21.9 Å². The molecule has 12 heteroatoms. The van der Waals surface area contributed by atoms with E-state index >= 15 is 0 Å². The lowest BCUT2D eigenvalue weighted by atomic mass is 10.1. The molecule has 0 unspecified atom stereocenters. The number of hydrogen-bond acceptors (Lipinski definition) is 5. The zero-order valence-electron chi connectivity index (χ0n) is 14.7. The summed E-state index contributed by atoms with van der Waals surface area (Å²) < 4.78 is 72.4. The molecule has 0 radical (unpaired) electrons. The third-order valence-electron chi connectivity index (χ3n) is 3.81. The van der Waals surface area contributed by atoms with Crippen molar-refractivity contribution < 1.29 is 26.7 Å². The maximum Gasteiger partial charge on any atom is 0.446 e. The summed E-state index contributed by atoms with van der Waals surface area (Å²) in [5.74, 6) is -0.174. The van der Waals surface area contributed by atoms with E-state index in [0.29, 0.717) is 0 Å². The van der Waals surface area contributed by atoms with Crippen molar-refractivity contribution in [3.63, 3.8) is 0 Å². The van der Waals surface area contributed by atoms with E-state index in [1.807, 2.05) is 0 Å². The van der Waals surface area contributed by atoms with Crippen LogP contribution in [0.3, 0.4) is 0 Å². The smallest absolute Gasteiger partial charge is 0.446 e. The highest BCUT2D eigenvalue weighted by Gasteiger charge is 2.31. The van der Waals surface area contributed by atoms with Crippen LogP contribution in [0.25, 0.3) is 5.69 Å². The number of para-hydroxylation sites is 1. The summed E-state index contributed by atoms with van der Waals surface area (Å²) in [5.41, 5.74) is -5.73. The van der Waals surface area contributed by atoms with Crippen molar-refractivity contribution in [1.82, 2.24) is 19.8 Å². The van der Waals surface area contributed by atoms with E-state index in [4.69, 9.17) is 4.74 Å². The molecule has 0 fully saturated rings. The van der Waals surface area contributed by atoms with Crippen LogP contribution in [0.2, 0.25) is 0 Å². The monoisotopic (exact) mass is 432 g/mol. The van der Waals surface area contributed by atoms with Crippen molar-refractivity contribution in [3.05, 3.63) is 64.1 Å². The Morgan fingerprint density at radius 3 is 2.45 bits per heavy atom. The first kappa shape index (κ1) is 20.8. The zero-order valence-corrected chi connectivity index (χ0v) is 15.5. The largest absolute Gasteiger partial charge is 0.488 e. The second-order valence-corrected chi connectivity index (χ2v) is 6.83. The number of aryl methyl sites for hydroxylation is 1. The standard InChI is InChI=1S/C17H13F5N4O2S/c1-25-16(27)26(24-23-25)12-6-4-8-14(29-17(20,21)22)11(12)9-28-13-7-3-2-5-10(13)15(18)19/h2-8,15H,9H2,1H3. The summed E-state index contributed by atoms with van der Waals surface area (Å²) in [6.45, 7) is -0.499. The number of nitrogens with zero attached hydrogens (tertiary/aromatic N) is 4. The van der Waals surface area contributed by atoms with Gasteiger partial charge in [-0.15, -0.1) is 0 Å². The van der Waals surface area contributed by atoms with Crippen LogP contribution in [0.1, 0.15) is 17.6 Å². The second kappa shape index (κ2) is 8.23. The lowest BCUT2D eigenvalue weighted by molar-refractivity contribution is -0.0328. The first-order chi connectivity index (χ1) is 13.7. The number of aromatic nitrogens is 4. The Balaban J connectivity index is 2.05. The summed E-state index contributed by atoms with van der Waals surface area (Å²) in [7, 11) is 1.33. The number of halogens is 5. The van der Waals surface area contributed by atoms with E-state index in [1.165, 1.54) is 43.4 Å². The molecule has 2 aromatic carbocycles. The van der Waals surface area contributed by atoms with Crippen LogP contribution in [0.15, 0.2) is 52.2 Å². The molecule has 0 N–H and O–H groups in total. The van der Waals surface area contributed by atoms with Crippen molar-refractivity contribution in [2.24, 2.45) is 7.05 Å². The lowest BCUT2D eigenvalue weighted by Gasteiger charge is -2.17. The van der Waals surface area contributed by atoms with Crippen LogP contribution in [-0.2, 0) is 13.7 Å². The molecule has 0 spiro atoms. The lowest BCUT2D eigenvalue weighted by Crippen LogP contribution is -2.23. The van der Waals surface area contributed by atoms with E-state index in [9.17, 15) is 26.7 Å². The highest BCUT2D eigenvalue weighted by Crippen LogP contribution is 2.40. The molecule has 1 heterocycles. The predicted molar refractivity (Wildman–Crippen MR) is 94.2 cm³/mol. The first-order valence-electron chi connectivity index (χ1n) is 8.04. The highest BCUT2D eigenvalue weighted by molar-refractivity contribution is 8.00. The van der Waals surface area contributed by atoms with Gasteiger partial charge in [0.1, 0.15) is 12.4 Å².